The summed E-state index contributed by atoms with van der Waals surface area (Å²) in [4.78, 5) is 15.9. The average molecular weight is 298 g/mol. The van der Waals surface area contributed by atoms with Crippen LogP contribution in [0, 0.1) is 0 Å². The van der Waals surface area contributed by atoms with Gasteiger partial charge in [0.05, 0.1) is 6.61 Å². The van der Waals surface area contributed by atoms with Crippen molar-refractivity contribution in [3.63, 3.8) is 0 Å². The Hall–Kier alpha value is -1.00. The Labute approximate surface area is 122 Å². The summed E-state index contributed by atoms with van der Waals surface area (Å²) in [5.74, 6) is -0.737. The number of carbonyl (C=O) groups is 1. The molecule has 0 aliphatic heterocycles. The number of hydrogen-bond acceptors (Lipinski definition) is 4. The van der Waals surface area contributed by atoms with Crippen molar-refractivity contribution in [3.8, 4) is 0 Å². The van der Waals surface area contributed by atoms with Gasteiger partial charge in [-0.05, 0) is 18.4 Å². The van der Waals surface area contributed by atoms with E-state index >= 15 is 0 Å². The molecule has 1 rings (SSSR count). The molecule has 0 aliphatic rings. The number of carboxylic acids is 1. The maximum absolute atomic E-state index is 10.4. The summed E-state index contributed by atoms with van der Waals surface area (Å²) >= 11 is 0. The number of nitrogens with one attached hydrogen (secondary N) is 2. The van der Waals surface area contributed by atoms with Crippen molar-refractivity contribution in [2.24, 2.45) is 0 Å². The van der Waals surface area contributed by atoms with Gasteiger partial charge in [-0.25, -0.2) is 0 Å². The van der Waals surface area contributed by atoms with E-state index in [0.717, 1.165) is 24.9 Å². The second kappa shape index (κ2) is 10.7. The van der Waals surface area contributed by atoms with Gasteiger partial charge in [-0.15, -0.1) is 0 Å². The Bertz CT molecular complexity index is 376. The Morgan fingerprint density at radius 1 is 1.30 bits per heavy atom. The van der Waals surface area contributed by atoms with Gasteiger partial charge in [0.2, 0.25) is 0 Å². The van der Waals surface area contributed by atoms with Crippen LogP contribution in [-0.4, -0.2) is 23.7 Å². The lowest BCUT2D eigenvalue weighted by atomic mass is 10.1. The summed E-state index contributed by atoms with van der Waals surface area (Å²) < 4.78 is 0. The van der Waals surface area contributed by atoms with E-state index in [2.05, 4.69) is 20.0 Å². The van der Waals surface area contributed by atoms with E-state index in [9.17, 15) is 4.79 Å². The molecule has 0 amide bonds. The molecule has 1 aromatic rings. The van der Waals surface area contributed by atoms with Crippen LogP contribution in [0.2, 0.25) is 0 Å². The first-order valence-corrected chi connectivity index (χ1v) is 7.36. The van der Waals surface area contributed by atoms with Crippen molar-refractivity contribution < 1.29 is 14.7 Å². The summed E-state index contributed by atoms with van der Waals surface area (Å²) in [5.41, 5.74) is 4.15. The zero-order chi connectivity index (χ0) is 14.6. The van der Waals surface area contributed by atoms with E-state index in [1.54, 1.807) is 0 Å². The molecule has 112 valence electrons. The summed E-state index contributed by atoms with van der Waals surface area (Å²) in [6, 6.07) is 10.1. The van der Waals surface area contributed by atoms with Gasteiger partial charge in [0.1, 0.15) is 0 Å². The molecule has 0 radical (unpaired) electrons. The van der Waals surface area contributed by atoms with Crippen LogP contribution in [-0.2, 0) is 16.2 Å². The van der Waals surface area contributed by atoms with Gasteiger partial charge in [-0.2, -0.15) is 5.48 Å². The van der Waals surface area contributed by atoms with Gasteiger partial charge in [0, 0.05) is 19.0 Å². The number of aliphatic carboxylic acids is 1. The molecule has 1 unspecified atom stereocenters. The van der Waals surface area contributed by atoms with Crippen LogP contribution < -0.4 is 10.6 Å². The number of hydrogen-bond donors (Lipinski definition) is 3. The summed E-state index contributed by atoms with van der Waals surface area (Å²) in [7, 11) is 2.46. The van der Waals surface area contributed by atoms with Gasteiger partial charge in [-0.3, -0.25) is 14.7 Å². The predicted molar refractivity (Wildman–Crippen MR) is 82.0 cm³/mol. The smallest absolute Gasteiger partial charge is 0.303 e. The normalized spacial score (nSPS) is 12.2. The van der Waals surface area contributed by atoms with Gasteiger partial charge in [0.15, 0.2) is 0 Å². The zero-order valence-corrected chi connectivity index (χ0v) is 12.7. The predicted octanol–water partition coefficient (Wildman–Crippen LogP) is 2.10. The molecular weight excluding hydrogens is 275 g/mol. The Morgan fingerprint density at radius 3 is 2.70 bits per heavy atom. The highest BCUT2D eigenvalue weighted by atomic mass is 31.0. The van der Waals surface area contributed by atoms with Gasteiger partial charge in [0.25, 0.3) is 0 Å². The number of benzene rings is 1. The van der Waals surface area contributed by atoms with E-state index < -0.39 is 5.97 Å². The third-order valence-corrected chi connectivity index (χ3v) is 3.12. The zero-order valence-electron chi connectivity index (χ0n) is 11.5. The second-order valence-corrected chi connectivity index (χ2v) is 5.05. The number of unbranched alkanes of at least 4 members (excludes halogenated alkanes) is 1. The molecule has 0 bridgehead atoms. The van der Waals surface area contributed by atoms with Gasteiger partial charge >= 0.3 is 5.97 Å². The van der Waals surface area contributed by atoms with Crippen molar-refractivity contribution in [2.75, 3.05) is 6.54 Å². The van der Waals surface area contributed by atoms with Crippen LogP contribution in [0.4, 0.5) is 0 Å². The fourth-order valence-electron chi connectivity index (χ4n) is 1.83. The standard InChI is InChI=1S/C14H23N2O3P/c17-14(18)9-5-4-8-13(10-15-20)16-19-11-12-6-2-1-3-7-12/h1-3,6-7,13,15-16H,4-5,8-11,20H2,(H,17,18)/t13-/m1/s1. The molecule has 0 aromatic heterocycles. The lowest BCUT2D eigenvalue weighted by Gasteiger charge is -2.18. The van der Waals surface area contributed by atoms with Crippen LogP contribution in [0.1, 0.15) is 31.2 Å². The molecule has 0 aliphatic carbocycles. The number of hydroxylamine groups is 1. The lowest BCUT2D eigenvalue weighted by Crippen LogP contribution is -2.36. The molecule has 0 fully saturated rings. The van der Waals surface area contributed by atoms with Crippen molar-refractivity contribution in [1.29, 1.82) is 0 Å². The Balaban J connectivity index is 2.19. The first-order valence-electron chi connectivity index (χ1n) is 6.79. The minimum absolute atomic E-state index is 0.171. The molecule has 5 nitrogen and oxygen atoms in total. The molecule has 0 heterocycles. The van der Waals surface area contributed by atoms with Crippen molar-refractivity contribution in [1.82, 2.24) is 10.6 Å². The van der Waals surface area contributed by atoms with Crippen molar-refractivity contribution in [2.45, 2.75) is 38.3 Å². The summed E-state index contributed by atoms with van der Waals surface area (Å²) in [6.45, 7) is 1.27. The molecule has 0 saturated carbocycles. The van der Waals surface area contributed by atoms with E-state index in [1.807, 2.05) is 30.3 Å². The van der Waals surface area contributed by atoms with E-state index in [-0.39, 0.29) is 12.5 Å². The highest BCUT2D eigenvalue weighted by Crippen LogP contribution is 2.05. The van der Waals surface area contributed by atoms with Gasteiger partial charge in [-0.1, -0.05) is 46.1 Å². The minimum atomic E-state index is -0.737. The third kappa shape index (κ3) is 8.23. The van der Waals surface area contributed by atoms with E-state index in [4.69, 9.17) is 9.94 Å². The quantitative estimate of drug-likeness (QED) is 0.331. The molecule has 2 atom stereocenters. The van der Waals surface area contributed by atoms with Crippen LogP contribution in [0.15, 0.2) is 30.3 Å². The third-order valence-electron chi connectivity index (χ3n) is 2.89. The second-order valence-electron chi connectivity index (χ2n) is 4.64. The highest BCUT2D eigenvalue weighted by molar-refractivity contribution is 7.13. The topological polar surface area (TPSA) is 70.6 Å². The monoisotopic (exact) mass is 298 g/mol. The average Bonchev–Trinajstić information content (AvgIpc) is 2.44. The summed E-state index contributed by atoms with van der Waals surface area (Å²) in [6.07, 6.45) is 2.67. The summed E-state index contributed by atoms with van der Waals surface area (Å²) in [5, 5.41) is 11.6. The molecule has 0 spiro atoms. The van der Waals surface area contributed by atoms with Gasteiger partial charge < -0.3 is 5.11 Å². The van der Waals surface area contributed by atoms with E-state index in [1.165, 1.54) is 0 Å². The van der Waals surface area contributed by atoms with Crippen LogP contribution in [0.25, 0.3) is 0 Å². The van der Waals surface area contributed by atoms with Crippen LogP contribution >= 0.6 is 9.39 Å². The fourth-order valence-corrected chi connectivity index (χ4v) is 2.11. The molecule has 0 saturated heterocycles. The minimum Gasteiger partial charge on any atom is -0.481 e. The Kier molecular flexibility index (Phi) is 9.16. The molecule has 1 aromatic carbocycles. The van der Waals surface area contributed by atoms with Crippen molar-refractivity contribution in [3.05, 3.63) is 35.9 Å². The lowest BCUT2D eigenvalue weighted by molar-refractivity contribution is -0.137. The van der Waals surface area contributed by atoms with E-state index in [0.29, 0.717) is 13.0 Å². The fraction of sp³-hybridized carbons (Fsp3) is 0.500. The van der Waals surface area contributed by atoms with Crippen LogP contribution in [0.5, 0.6) is 0 Å². The molecule has 6 heteroatoms. The van der Waals surface area contributed by atoms with Crippen molar-refractivity contribution >= 4 is 15.4 Å². The SMILES string of the molecule is O=C(O)CCCC[C@H](CNP)NOCc1ccccc1. The molecular formula is C14H23N2O3P. The van der Waals surface area contributed by atoms with Crippen LogP contribution in [0.3, 0.4) is 0 Å². The first kappa shape index (κ1) is 17.1. The maximum atomic E-state index is 10.4. The Morgan fingerprint density at radius 2 is 2.05 bits per heavy atom. The molecule has 20 heavy (non-hydrogen) atoms. The largest absolute Gasteiger partial charge is 0.481 e. The maximum Gasteiger partial charge on any atom is 0.303 e. The first-order chi connectivity index (χ1) is 9.72. The number of carboxylic acid groups (broad SMARTS) is 1. The highest BCUT2D eigenvalue weighted by Gasteiger charge is 2.08. The number of rotatable bonds is 11. The molecule has 3 N–H and O–H groups in total.